The second kappa shape index (κ2) is 3.88. The van der Waals surface area contributed by atoms with Crippen molar-refractivity contribution >= 4 is 0 Å². The molecule has 6 nitrogen and oxygen atoms in total. The Morgan fingerprint density at radius 3 is 1.50 bits per heavy atom. The summed E-state index contributed by atoms with van der Waals surface area (Å²) >= 11 is 0. The average Bonchev–Trinajstić information content (AvgIpc) is 2.21. The Balaban J connectivity index is 5.62. The molecule has 0 aliphatic heterocycles. The number of nitriles is 5. The zero-order valence-electron chi connectivity index (χ0n) is 7.02. The summed E-state index contributed by atoms with van der Waals surface area (Å²) in [4.78, 5) is 0. The minimum Gasteiger partial charge on any atom is -0.309 e. The molecule has 14 heavy (non-hydrogen) atoms. The van der Waals surface area contributed by atoms with Crippen molar-refractivity contribution in [2.45, 2.75) is 12.0 Å². The van der Waals surface area contributed by atoms with Crippen molar-refractivity contribution in [2.75, 3.05) is 0 Å². The van der Waals surface area contributed by atoms with Crippen LogP contribution in [0.3, 0.4) is 0 Å². The molecule has 6 heteroatoms. The van der Waals surface area contributed by atoms with Crippen LogP contribution in [0.15, 0.2) is 0 Å². The van der Waals surface area contributed by atoms with Gasteiger partial charge in [0.05, 0.1) is 18.6 Å². The molecule has 0 saturated heterocycles. The molecule has 0 rings (SSSR count). The van der Waals surface area contributed by atoms with E-state index < -0.39 is 17.4 Å². The second-order valence-electron chi connectivity index (χ2n) is 2.50. The van der Waals surface area contributed by atoms with E-state index in [1.54, 1.807) is 6.07 Å². The van der Waals surface area contributed by atoms with Crippen molar-refractivity contribution in [3.8, 4) is 30.3 Å². The van der Waals surface area contributed by atoms with Crippen molar-refractivity contribution < 1.29 is 0 Å². The van der Waals surface area contributed by atoms with Gasteiger partial charge in [-0.25, -0.2) is 0 Å². The van der Waals surface area contributed by atoms with E-state index in [0.29, 0.717) is 0 Å². The van der Waals surface area contributed by atoms with Gasteiger partial charge in [-0.05, 0) is 0 Å². The molecule has 2 N–H and O–H groups in total. The van der Waals surface area contributed by atoms with Crippen LogP contribution in [0.4, 0.5) is 0 Å². The highest BCUT2D eigenvalue weighted by Gasteiger charge is 2.52. The fourth-order valence-corrected chi connectivity index (χ4v) is 0.755. The largest absolute Gasteiger partial charge is 0.309 e. The summed E-state index contributed by atoms with van der Waals surface area (Å²) in [6, 6.07) is 7.14. The van der Waals surface area contributed by atoms with Crippen LogP contribution in [0.1, 0.15) is 6.42 Å². The third-order valence-electron chi connectivity index (χ3n) is 1.73. The molecule has 0 amide bonds. The lowest BCUT2D eigenvalue weighted by Gasteiger charge is -2.24. The number of nitrogens with two attached hydrogens (primary N) is 1. The van der Waals surface area contributed by atoms with Crippen LogP contribution in [0.2, 0.25) is 0 Å². The maximum Gasteiger partial charge on any atom is 0.260 e. The van der Waals surface area contributed by atoms with Crippen LogP contribution in [0, 0.1) is 62.1 Å². The van der Waals surface area contributed by atoms with Gasteiger partial charge in [-0.15, -0.1) is 0 Å². The molecule has 1 unspecified atom stereocenters. The van der Waals surface area contributed by atoms with E-state index >= 15 is 0 Å². The predicted octanol–water partition coefficient (Wildman–Crippen LogP) is -0.322. The van der Waals surface area contributed by atoms with Crippen molar-refractivity contribution in [2.24, 2.45) is 11.1 Å². The maximum absolute atomic E-state index is 8.67. The highest BCUT2D eigenvalue weighted by Crippen LogP contribution is 2.29. The van der Waals surface area contributed by atoms with E-state index in [1.807, 2.05) is 0 Å². The van der Waals surface area contributed by atoms with E-state index in [0.717, 1.165) is 0 Å². The molecule has 0 spiro atoms. The average molecular weight is 184 g/mol. The third-order valence-corrected chi connectivity index (χ3v) is 1.73. The Morgan fingerprint density at radius 2 is 1.29 bits per heavy atom. The summed E-state index contributed by atoms with van der Waals surface area (Å²) in [5.74, 6) is 0. The second-order valence-corrected chi connectivity index (χ2v) is 2.50. The molecular weight excluding hydrogens is 180 g/mol. The number of hydrogen-bond donors (Lipinski definition) is 1. The van der Waals surface area contributed by atoms with Gasteiger partial charge in [-0.1, -0.05) is 0 Å². The lowest BCUT2D eigenvalue weighted by molar-refractivity contribution is 0.410. The van der Waals surface area contributed by atoms with Crippen LogP contribution in [0.5, 0.6) is 0 Å². The van der Waals surface area contributed by atoms with E-state index in [9.17, 15) is 0 Å². The van der Waals surface area contributed by atoms with Crippen LogP contribution in [0.25, 0.3) is 0 Å². The molecule has 0 aromatic rings. The topological polar surface area (TPSA) is 145 Å². The van der Waals surface area contributed by atoms with Gasteiger partial charge in [0.2, 0.25) is 0 Å². The molecule has 0 bridgehead atoms. The van der Waals surface area contributed by atoms with E-state index in [1.165, 1.54) is 24.3 Å². The first-order valence-corrected chi connectivity index (χ1v) is 3.36. The van der Waals surface area contributed by atoms with Crippen LogP contribution in [-0.2, 0) is 0 Å². The van der Waals surface area contributed by atoms with Gasteiger partial charge < -0.3 is 5.73 Å². The third kappa shape index (κ3) is 1.33. The Bertz CT molecular complexity index is 395. The fourth-order valence-electron chi connectivity index (χ4n) is 0.755. The van der Waals surface area contributed by atoms with E-state index in [2.05, 4.69) is 0 Å². The van der Waals surface area contributed by atoms with Gasteiger partial charge in [-0.2, -0.15) is 26.3 Å². The summed E-state index contributed by atoms with van der Waals surface area (Å²) in [5, 5.41) is 42.9. The molecule has 0 aromatic heterocycles. The predicted molar refractivity (Wildman–Crippen MR) is 42.0 cm³/mol. The minimum atomic E-state index is -2.31. The molecule has 0 radical (unpaired) electrons. The fraction of sp³-hybridized carbons (Fsp3) is 0.375. The highest BCUT2D eigenvalue weighted by molar-refractivity contribution is 5.40. The summed E-state index contributed by atoms with van der Waals surface area (Å²) in [6.07, 6.45) is -0.557. The Morgan fingerprint density at radius 1 is 0.857 bits per heavy atom. The van der Waals surface area contributed by atoms with Crippen molar-refractivity contribution in [3.05, 3.63) is 0 Å². The van der Waals surface area contributed by atoms with Crippen LogP contribution < -0.4 is 5.73 Å². The van der Waals surface area contributed by atoms with Gasteiger partial charge in [0.1, 0.15) is 18.2 Å². The SMILES string of the molecule is N#CCC(N)(C#N)C(C#N)(C#N)C#N. The maximum atomic E-state index is 8.67. The number of rotatable bonds is 2. The van der Waals surface area contributed by atoms with Gasteiger partial charge in [0.15, 0.2) is 5.54 Å². The smallest absolute Gasteiger partial charge is 0.260 e. The lowest BCUT2D eigenvalue weighted by atomic mass is 9.72. The summed E-state index contributed by atoms with van der Waals surface area (Å²) in [6.45, 7) is 0. The van der Waals surface area contributed by atoms with Crippen molar-refractivity contribution in [1.82, 2.24) is 0 Å². The van der Waals surface area contributed by atoms with Gasteiger partial charge in [0, 0.05) is 0 Å². The van der Waals surface area contributed by atoms with Crippen LogP contribution in [-0.4, -0.2) is 5.54 Å². The van der Waals surface area contributed by atoms with E-state index in [-0.39, 0.29) is 0 Å². The monoisotopic (exact) mass is 184 g/mol. The van der Waals surface area contributed by atoms with Gasteiger partial charge in [0.25, 0.3) is 5.41 Å². The van der Waals surface area contributed by atoms with Crippen molar-refractivity contribution in [3.63, 3.8) is 0 Å². The summed E-state index contributed by atoms with van der Waals surface area (Å²) < 4.78 is 0. The first-order chi connectivity index (χ1) is 6.55. The van der Waals surface area contributed by atoms with Gasteiger partial charge >= 0.3 is 0 Å². The van der Waals surface area contributed by atoms with Crippen molar-refractivity contribution in [1.29, 1.82) is 26.3 Å². The Kier molecular flexibility index (Phi) is 3.16. The zero-order chi connectivity index (χ0) is 11.2. The molecule has 0 heterocycles. The molecule has 0 saturated carbocycles. The molecule has 0 aliphatic carbocycles. The molecule has 1 atom stereocenters. The normalized spacial score (nSPS) is 13.1. The Labute approximate surface area is 80.6 Å². The first kappa shape index (κ1) is 11.4. The molecule has 0 aromatic carbocycles. The van der Waals surface area contributed by atoms with E-state index in [4.69, 9.17) is 32.0 Å². The standard InChI is InChI=1S/C8H4N6/c9-2-1-8(14,6-13)7(3-10,4-11)5-12/h1,14H2. The first-order valence-electron chi connectivity index (χ1n) is 3.36. The molecule has 0 fully saturated rings. The summed E-state index contributed by atoms with van der Waals surface area (Å²) in [5.41, 5.74) is 0.976. The van der Waals surface area contributed by atoms with Crippen LogP contribution >= 0.6 is 0 Å². The molecular formula is C8H4N6. The number of hydrogen-bond acceptors (Lipinski definition) is 6. The quantitative estimate of drug-likeness (QED) is 0.622. The highest BCUT2D eigenvalue weighted by atomic mass is 14.8. The molecule has 0 aliphatic rings. The minimum absolute atomic E-state index is 0.557. The molecule has 66 valence electrons. The lowest BCUT2D eigenvalue weighted by Crippen LogP contribution is -2.52. The zero-order valence-corrected chi connectivity index (χ0v) is 7.02. The Hall–Kier alpha value is -2.59. The summed E-state index contributed by atoms with van der Waals surface area (Å²) in [7, 11) is 0. The van der Waals surface area contributed by atoms with Gasteiger partial charge in [-0.3, -0.25) is 0 Å². The number of nitrogens with zero attached hydrogens (tertiary/aromatic N) is 5.